The first-order valence-corrected chi connectivity index (χ1v) is 13.5. The second-order valence-corrected chi connectivity index (χ2v) is 9.55. The lowest BCUT2D eigenvalue weighted by Crippen LogP contribution is -2.40. The highest BCUT2D eigenvalue weighted by Crippen LogP contribution is 2.36. The lowest BCUT2D eigenvalue weighted by Gasteiger charge is -2.25. The average Bonchev–Trinajstić information content (AvgIpc) is 3.18. The quantitative estimate of drug-likeness (QED) is 0.297. The van der Waals surface area contributed by atoms with Crippen molar-refractivity contribution < 1.29 is 28.5 Å². The van der Waals surface area contributed by atoms with Crippen LogP contribution in [0, 0.1) is 0 Å². The van der Waals surface area contributed by atoms with E-state index in [9.17, 15) is 14.4 Å². The van der Waals surface area contributed by atoms with Crippen molar-refractivity contribution in [2.45, 2.75) is 40.7 Å². The van der Waals surface area contributed by atoms with E-state index in [-0.39, 0.29) is 17.7 Å². The van der Waals surface area contributed by atoms with Crippen LogP contribution in [0.15, 0.2) is 63.5 Å². The van der Waals surface area contributed by atoms with Crippen LogP contribution in [-0.4, -0.2) is 36.3 Å². The van der Waals surface area contributed by atoms with E-state index in [1.807, 2.05) is 19.9 Å². The first-order chi connectivity index (χ1) is 18.8. The predicted octanol–water partition coefficient (Wildman–Crippen LogP) is 3.52. The molecule has 2 aromatic carbocycles. The summed E-state index contributed by atoms with van der Waals surface area (Å²) in [5.41, 5.74) is 1.76. The molecule has 0 bridgehead atoms. The van der Waals surface area contributed by atoms with Gasteiger partial charge in [-0.3, -0.25) is 14.2 Å². The van der Waals surface area contributed by atoms with Crippen molar-refractivity contribution in [2.24, 2.45) is 4.99 Å². The molecule has 1 aromatic heterocycles. The topological polar surface area (TPSA) is 105 Å². The van der Waals surface area contributed by atoms with Gasteiger partial charge in [0.2, 0.25) is 0 Å². The van der Waals surface area contributed by atoms with E-state index in [0.717, 1.165) is 0 Å². The Kier molecular flexibility index (Phi) is 8.65. The highest BCUT2D eigenvalue weighted by molar-refractivity contribution is 7.07. The fourth-order valence-corrected chi connectivity index (χ4v) is 5.38. The molecule has 4 rings (SSSR count). The molecule has 39 heavy (non-hydrogen) atoms. The van der Waals surface area contributed by atoms with E-state index < -0.39 is 18.0 Å². The van der Waals surface area contributed by atoms with Crippen molar-refractivity contribution in [3.05, 3.63) is 84.5 Å². The minimum atomic E-state index is -0.787. The van der Waals surface area contributed by atoms with Gasteiger partial charge in [-0.15, -0.1) is 0 Å². The molecule has 1 aliphatic rings. The summed E-state index contributed by atoms with van der Waals surface area (Å²) >= 11 is 1.21. The Morgan fingerprint density at radius 1 is 1.03 bits per heavy atom. The van der Waals surface area contributed by atoms with Gasteiger partial charge in [-0.2, -0.15) is 0 Å². The number of carbonyl (C=O) groups is 2. The van der Waals surface area contributed by atoms with Gasteiger partial charge >= 0.3 is 11.9 Å². The third kappa shape index (κ3) is 5.96. The smallest absolute Gasteiger partial charge is 0.338 e. The third-order valence-corrected chi connectivity index (χ3v) is 6.80. The molecule has 1 atom stereocenters. The standard InChI is InChI=1S/C29H30N2O7S/c1-6-35-22-13-12-20(16-23(22)36-7-2)26-25(28(34)37-8-3)17(4)30-29-31(26)27(33)24(39-29)15-19-10-9-11-21(14-19)38-18(5)32/h9-16,26H,6-8H2,1-5H3/b24-15-. The van der Waals surface area contributed by atoms with Crippen LogP contribution in [0.4, 0.5) is 0 Å². The van der Waals surface area contributed by atoms with Crippen LogP contribution >= 0.6 is 11.3 Å². The number of benzene rings is 2. The Hall–Kier alpha value is -4.18. The molecule has 0 N–H and O–H groups in total. The molecule has 0 aliphatic carbocycles. The summed E-state index contributed by atoms with van der Waals surface area (Å²) in [6.45, 7) is 9.59. The van der Waals surface area contributed by atoms with Crippen LogP contribution in [-0.2, 0) is 14.3 Å². The number of hydrogen-bond acceptors (Lipinski definition) is 9. The summed E-state index contributed by atoms with van der Waals surface area (Å²) in [4.78, 5) is 43.4. The van der Waals surface area contributed by atoms with Gasteiger partial charge in [-0.1, -0.05) is 29.5 Å². The monoisotopic (exact) mass is 550 g/mol. The van der Waals surface area contributed by atoms with Crippen LogP contribution in [0.5, 0.6) is 17.2 Å². The van der Waals surface area contributed by atoms with Gasteiger partial charge in [0, 0.05) is 6.92 Å². The maximum absolute atomic E-state index is 13.8. The molecule has 0 saturated carbocycles. The molecular weight excluding hydrogens is 520 g/mol. The zero-order valence-electron chi connectivity index (χ0n) is 22.5. The highest BCUT2D eigenvalue weighted by Gasteiger charge is 2.34. The molecule has 0 spiro atoms. The summed E-state index contributed by atoms with van der Waals surface area (Å²) < 4.78 is 24.0. The van der Waals surface area contributed by atoms with Crippen LogP contribution in [0.25, 0.3) is 6.08 Å². The zero-order chi connectivity index (χ0) is 28.1. The Morgan fingerprint density at radius 3 is 2.46 bits per heavy atom. The largest absolute Gasteiger partial charge is 0.490 e. The van der Waals surface area contributed by atoms with E-state index in [2.05, 4.69) is 4.99 Å². The summed E-state index contributed by atoms with van der Waals surface area (Å²) in [7, 11) is 0. The second-order valence-electron chi connectivity index (χ2n) is 8.54. The summed E-state index contributed by atoms with van der Waals surface area (Å²) in [5.74, 6) is 0.482. The van der Waals surface area contributed by atoms with E-state index in [0.29, 0.717) is 56.6 Å². The Balaban J connectivity index is 1.92. The molecule has 1 unspecified atom stereocenters. The number of esters is 2. The molecule has 0 radical (unpaired) electrons. The van der Waals surface area contributed by atoms with E-state index in [1.165, 1.54) is 22.8 Å². The SMILES string of the molecule is CCOC(=O)C1=C(C)N=c2s/c(=C\c3cccc(OC(C)=O)c3)c(=O)n2C1c1ccc(OCC)c(OCC)c1. The van der Waals surface area contributed by atoms with Gasteiger partial charge in [-0.25, -0.2) is 9.79 Å². The van der Waals surface area contributed by atoms with Gasteiger partial charge in [0.25, 0.3) is 5.56 Å². The first-order valence-electron chi connectivity index (χ1n) is 12.6. The van der Waals surface area contributed by atoms with Gasteiger partial charge in [0.1, 0.15) is 5.75 Å². The molecule has 0 fully saturated rings. The van der Waals surface area contributed by atoms with Crippen LogP contribution in [0.1, 0.15) is 51.8 Å². The van der Waals surface area contributed by atoms with Crippen molar-refractivity contribution in [2.75, 3.05) is 19.8 Å². The van der Waals surface area contributed by atoms with Gasteiger partial charge in [-0.05, 0) is 69.2 Å². The van der Waals surface area contributed by atoms with Gasteiger partial charge in [0.15, 0.2) is 16.3 Å². The average molecular weight is 551 g/mol. The molecule has 3 aromatic rings. The summed E-state index contributed by atoms with van der Waals surface area (Å²) in [6.07, 6.45) is 1.71. The van der Waals surface area contributed by atoms with Crippen molar-refractivity contribution in [3.63, 3.8) is 0 Å². The Labute approximate surface area is 229 Å². The molecule has 1 aliphatic heterocycles. The van der Waals surface area contributed by atoms with Crippen molar-refractivity contribution in [1.82, 2.24) is 4.57 Å². The highest BCUT2D eigenvalue weighted by atomic mass is 32.1. The lowest BCUT2D eigenvalue weighted by molar-refractivity contribution is -0.139. The number of nitrogens with zero attached hydrogens (tertiary/aromatic N) is 2. The minimum Gasteiger partial charge on any atom is -0.490 e. The van der Waals surface area contributed by atoms with E-state index >= 15 is 0 Å². The number of hydrogen-bond donors (Lipinski definition) is 0. The van der Waals surface area contributed by atoms with E-state index in [1.54, 1.807) is 56.3 Å². The van der Waals surface area contributed by atoms with Crippen LogP contribution < -0.4 is 29.1 Å². The minimum absolute atomic E-state index is 0.179. The lowest BCUT2D eigenvalue weighted by atomic mass is 9.95. The van der Waals surface area contributed by atoms with Crippen molar-refractivity contribution >= 4 is 29.4 Å². The molecule has 10 heteroatoms. The normalized spacial score (nSPS) is 14.9. The van der Waals surface area contributed by atoms with Gasteiger partial charge in [0.05, 0.1) is 41.7 Å². The maximum Gasteiger partial charge on any atom is 0.338 e. The molecular formula is C29H30N2O7S. The molecule has 9 nitrogen and oxygen atoms in total. The van der Waals surface area contributed by atoms with Crippen LogP contribution in [0.2, 0.25) is 0 Å². The van der Waals surface area contributed by atoms with E-state index in [4.69, 9.17) is 18.9 Å². The summed E-state index contributed by atoms with van der Waals surface area (Å²) in [6, 6.07) is 11.5. The van der Waals surface area contributed by atoms with Crippen molar-refractivity contribution in [1.29, 1.82) is 0 Å². The maximum atomic E-state index is 13.8. The number of allylic oxidation sites excluding steroid dienone is 1. The number of fused-ring (bicyclic) bond motifs is 1. The first kappa shape index (κ1) is 27.8. The molecule has 0 saturated heterocycles. The Morgan fingerprint density at radius 2 is 1.77 bits per heavy atom. The zero-order valence-corrected chi connectivity index (χ0v) is 23.3. The Bertz CT molecular complexity index is 1620. The fraction of sp³-hybridized carbons (Fsp3) is 0.310. The second kappa shape index (κ2) is 12.1. The number of carbonyl (C=O) groups excluding carboxylic acids is 2. The number of ether oxygens (including phenoxy) is 4. The predicted molar refractivity (Wildman–Crippen MR) is 147 cm³/mol. The number of thiazole rings is 1. The molecule has 0 amide bonds. The van der Waals surface area contributed by atoms with Crippen molar-refractivity contribution in [3.8, 4) is 17.2 Å². The fourth-order valence-electron chi connectivity index (χ4n) is 4.33. The number of aromatic nitrogens is 1. The van der Waals surface area contributed by atoms with Gasteiger partial charge < -0.3 is 18.9 Å². The third-order valence-electron chi connectivity index (χ3n) is 5.82. The summed E-state index contributed by atoms with van der Waals surface area (Å²) in [5, 5.41) is 0. The molecule has 204 valence electrons. The molecule has 2 heterocycles. The van der Waals surface area contributed by atoms with Crippen LogP contribution in [0.3, 0.4) is 0 Å². The number of rotatable bonds is 9.